The zero-order chi connectivity index (χ0) is 14.2. The van der Waals surface area contributed by atoms with Crippen molar-refractivity contribution in [3.63, 3.8) is 0 Å². The number of rotatable bonds is 3. The lowest BCUT2D eigenvalue weighted by molar-refractivity contribution is -0.0283. The van der Waals surface area contributed by atoms with Crippen LogP contribution in [-0.2, 0) is 16.0 Å². The predicted octanol–water partition coefficient (Wildman–Crippen LogP) is 1.30. The molecule has 6 heteroatoms. The molecule has 1 aliphatic heterocycles. The van der Waals surface area contributed by atoms with Crippen LogP contribution in [0.15, 0.2) is 18.2 Å². The molecule has 0 aliphatic carbocycles. The van der Waals surface area contributed by atoms with Gasteiger partial charge >= 0.3 is 0 Å². The molecule has 0 saturated carbocycles. The third-order valence-electron chi connectivity index (χ3n) is 3.85. The van der Waals surface area contributed by atoms with Crippen molar-refractivity contribution in [1.82, 2.24) is 9.55 Å². The quantitative estimate of drug-likeness (QED) is 0.910. The Morgan fingerprint density at radius 1 is 1.60 bits per heavy atom. The van der Waals surface area contributed by atoms with Crippen LogP contribution in [0.3, 0.4) is 0 Å². The summed E-state index contributed by atoms with van der Waals surface area (Å²) in [5.41, 5.74) is 7.86. The third kappa shape index (κ3) is 2.01. The molecule has 1 fully saturated rings. The number of hydrogen-bond donors (Lipinski definition) is 1. The fourth-order valence-electron chi connectivity index (χ4n) is 2.60. The molecular formula is C14H16N4O2. The summed E-state index contributed by atoms with van der Waals surface area (Å²) in [6, 6.07) is 7.49. The molecule has 2 aromatic rings. The summed E-state index contributed by atoms with van der Waals surface area (Å²) in [6.07, 6.45) is 0.820. The number of aromatic nitrogens is 2. The second-order valence-electron chi connectivity index (χ2n) is 5.06. The van der Waals surface area contributed by atoms with Crippen molar-refractivity contribution in [2.75, 3.05) is 26.1 Å². The Morgan fingerprint density at radius 3 is 3.10 bits per heavy atom. The number of nitrogens with zero attached hydrogens (tertiary/aromatic N) is 3. The van der Waals surface area contributed by atoms with E-state index < -0.39 is 0 Å². The Kier molecular flexibility index (Phi) is 3.08. The van der Waals surface area contributed by atoms with E-state index in [0.717, 1.165) is 17.5 Å². The highest BCUT2D eigenvalue weighted by molar-refractivity contribution is 5.79. The first-order valence-corrected chi connectivity index (χ1v) is 6.46. The van der Waals surface area contributed by atoms with Gasteiger partial charge in [-0.25, -0.2) is 4.98 Å². The fraction of sp³-hybridized carbons (Fsp3) is 0.429. The molecule has 0 radical (unpaired) electrons. The van der Waals surface area contributed by atoms with Crippen LogP contribution >= 0.6 is 0 Å². The Morgan fingerprint density at radius 2 is 2.45 bits per heavy atom. The van der Waals surface area contributed by atoms with Crippen molar-refractivity contribution >= 4 is 17.0 Å². The smallest absolute Gasteiger partial charge is 0.201 e. The van der Waals surface area contributed by atoms with E-state index in [9.17, 15) is 0 Å². The SMILES string of the molecule is COC1(Cn2c(N)nc3ccc(C#N)cc32)CCOC1. The van der Waals surface area contributed by atoms with Crippen LogP contribution in [0.1, 0.15) is 12.0 Å². The van der Waals surface area contributed by atoms with Gasteiger partial charge in [0, 0.05) is 20.1 Å². The highest BCUT2D eigenvalue weighted by atomic mass is 16.5. The molecule has 0 amide bonds. The second-order valence-corrected chi connectivity index (χ2v) is 5.06. The molecule has 1 unspecified atom stereocenters. The monoisotopic (exact) mass is 272 g/mol. The molecule has 2 heterocycles. The number of fused-ring (bicyclic) bond motifs is 1. The van der Waals surface area contributed by atoms with Crippen molar-refractivity contribution < 1.29 is 9.47 Å². The number of anilines is 1. The lowest BCUT2D eigenvalue weighted by atomic mass is 10.0. The van der Waals surface area contributed by atoms with Crippen molar-refractivity contribution in [1.29, 1.82) is 5.26 Å². The van der Waals surface area contributed by atoms with Gasteiger partial charge in [0.25, 0.3) is 0 Å². The molecule has 1 atom stereocenters. The molecule has 3 rings (SSSR count). The first-order valence-electron chi connectivity index (χ1n) is 6.46. The zero-order valence-corrected chi connectivity index (χ0v) is 11.3. The Bertz CT molecular complexity index is 680. The minimum absolute atomic E-state index is 0.371. The lowest BCUT2D eigenvalue weighted by Crippen LogP contribution is -2.37. The average molecular weight is 272 g/mol. The maximum atomic E-state index is 9.02. The molecule has 6 nitrogen and oxygen atoms in total. The van der Waals surface area contributed by atoms with E-state index in [-0.39, 0.29) is 5.60 Å². The van der Waals surface area contributed by atoms with Crippen LogP contribution in [-0.4, -0.2) is 35.5 Å². The van der Waals surface area contributed by atoms with E-state index in [4.69, 9.17) is 20.5 Å². The van der Waals surface area contributed by atoms with Crippen LogP contribution in [0.4, 0.5) is 5.95 Å². The van der Waals surface area contributed by atoms with Crippen LogP contribution in [0.5, 0.6) is 0 Å². The number of nitrogen functional groups attached to an aromatic ring is 1. The minimum Gasteiger partial charge on any atom is -0.378 e. The summed E-state index contributed by atoms with van der Waals surface area (Å²) in [7, 11) is 1.69. The molecular weight excluding hydrogens is 256 g/mol. The molecule has 104 valence electrons. The van der Waals surface area contributed by atoms with Crippen LogP contribution in [0.25, 0.3) is 11.0 Å². The lowest BCUT2D eigenvalue weighted by Gasteiger charge is -2.26. The zero-order valence-electron chi connectivity index (χ0n) is 11.3. The number of ether oxygens (including phenoxy) is 2. The van der Waals surface area contributed by atoms with E-state index in [2.05, 4.69) is 11.1 Å². The highest BCUT2D eigenvalue weighted by Gasteiger charge is 2.36. The maximum absolute atomic E-state index is 9.02. The van der Waals surface area contributed by atoms with Gasteiger partial charge in [0.05, 0.1) is 35.8 Å². The minimum atomic E-state index is -0.371. The number of hydrogen-bond acceptors (Lipinski definition) is 5. The van der Waals surface area contributed by atoms with Crippen molar-refractivity contribution in [2.24, 2.45) is 0 Å². The summed E-state index contributed by atoms with van der Waals surface area (Å²) < 4.78 is 13.0. The molecule has 0 bridgehead atoms. The van der Waals surface area contributed by atoms with Gasteiger partial charge in [-0.05, 0) is 18.2 Å². The van der Waals surface area contributed by atoms with Gasteiger partial charge in [-0.3, -0.25) is 0 Å². The normalized spacial score (nSPS) is 22.2. The van der Waals surface area contributed by atoms with E-state index >= 15 is 0 Å². The highest BCUT2D eigenvalue weighted by Crippen LogP contribution is 2.28. The Balaban J connectivity index is 2.06. The maximum Gasteiger partial charge on any atom is 0.201 e. The largest absolute Gasteiger partial charge is 0.378 e. The number of imidazole rings is 1. The van der Waals surface area contributed by atoms with Gasteiger partial charge in [0.1, 0.15) is 5.60 Å². The number of benzene rings is 1. The van der Waals surface area contributed by atoms with Crippen molar-refractivity contribution in [3.05, 3.63) is 23.8 Å². The summed E-state index contributed by atoms with van der Waals surface area (Å²) in [5.74, 6) is 0.429. The van der Waals surface area contributed by atoms with Gasteiger partial charge in [-0.1, -0.05) is 0 Å². The molecule has 1 aromatic carbocycles. The van der Waals surface area contributed by atoms with Gasteiger partial charge in [-0.15, -0.1) is 0 Å². The van der Waals surface area contributed by atoms with E-state index in [1.165, 1.54) is 0 Å². The van der Waals surface area contributed by atoms with Crippen LogP contribution < -0.4 is 5.73 Å². The Labute approximate surface area is 116 Å². The molecule has 2 N–H and O–H groups in total. The van der Waals surface area contributed by atoms with Gasteiger partial charge in [0.2, 0.25) is 5.95 Å². The average Bonchev–Trinajstić information content (AvgIpc) is 3.05. The van der Waals surface area contributed by atoms with Gasteiger partial charge < -0.3 is 19.8 Å². The molecule has 1 aliphatic rings. The van der Waals surface area contributed by atoms with Gasteiger partial charge in [0.15, 0.2) is 0 Å². The van der Waals surface area contributed by atoms with Gasteiger partial charge in [-0.2, -0.15) is 5.26 Å². The number of methoxy groups -OCH3 is 1. The van der Waals surface area contributed by atoms with E-state index in [0.29, 0.717) is 31.3 Å². The number of nitrogens with two attached hydrogens (primary N) is 1. The van der Waals surface area contributed by atoms with Crippen molar-refractivity contribution in [3.8, 4) is 6.07 Å². The Hall–Kier alpha value is -2.10. The topological polar surface area (TPSA) is 86.1 Å². The van der Waals surface area contributed by atoms with Crippen LogP contribution in [0.2, 0.25) is 0 Å². The number of nitriles is 1. The third-order valence-corrected chi connectivity index (χ3v) is 3.85. The fourth-order valence-corrected chi connectivity index (χ4v) is 2.60. The second kappa shape index (κ2) is 4.78. The van der Waals surface area contributed by atoms with E-state index in [1.807, 2.05) is 10.6 Å². The summed E-state index contributed by atoms with van der Waals surface area (Å²) in [6.45, 7) is 1.80. The molecule has 1 saturated heterocycles. The predicted molar refractivity (Wildman–Crippen MR) is 74.0 cm³/mol. The first-order chi connectivity index (χ1) is 9.67. The van der Waals surface area contributed by atoms with E-state index in [1.54, 1.807) is 19.2 Å². The summed E-state index contributed by atoms with van der Waals surface area (Å²) in [5, 5.41) is 9.02. The summed E-state index contributed by atoms with van der Waals surface area (Å²) >= 11 is 0. The molecule has 1 aromatic heterocycles. The standard InChI is InChI=1S/C14H16N4O2/c1-19-14(4-5-20-9-14)8-18-12-6-10(7-15)2-3-11(12)17-13(18)16/h2-3,6H,4-5,8-9H2,1H3,(H2,16,17). The van der Waals surface area contributed by atoms with Crippen LogP contribution in [0, 0.1) is 11.3 Å². The molecule has 0 spiro atoms. The first kappa shape index (κ1) is 12.9. The molecule has 20 heavy (non-hydrogen) atoms. The van der Waals surface area contributed by atoms with Crippen molar-refractivity contribution in [2.45, 2.75) is 18.6 Å². The summed E-state index contributed by atoms with van der Waals surface area (Å²) in [4.78, 5) is 4.33.